The highest BCUT2D eigenvalue weighted by molar-refractivity contribution is 7.13. The zero-order valence-corrected chi connectivity index (χ0v) is 13.3. The molecule has 1 saturated heterocycles. The van der Waals surface area contributed by atoms with Gasteiger partial charge in [-0.25, -0.2) is 4.98 Å². The van der Waals surface area contributed by atoms with Crippen molar-refractivity contribution in [1.29, 1.82) is 0 Å². The summed E-state index contributed by atoms with van der Waals surface area (Å²) in [6.07, 6.45) is 3.18. The van der Waals surface area contributed by atoms with Gasteiger partial charge in [-0.05, 0) is 25.0 Å². The van der Waals surface area contributed by atoms with E-state index in [9.17, 15) is 9.59 Å². The number of carbonyl (C=O) groups is 2. The summed E-state index contributed by atoms with van der Waals surface area (Å²) in [4.78, 5) is 29.5. The Labute approximate surface area is 137 Å². The molecule has 0 saturated carbocycles. The Balaban J connectivity index is 1.53. The molecule has 0 atom stereocenters. The Morgan fingerprint density at radius 3 is 2.87 bits per heavy atom. The molecule has 0 spiro atoms. The second kappa shape index (κ2) is 6.93. The summed E-state index contributed by atoms with van der Waals surface area (Å²) < 4.78 is 5.28. The zero-order chi connectivity index (χ0) is 16.2. The molecule has 1 fully saturated rings. The van der Waals surface area contributed by atoms with Crippen LogP contribution in [0.1, 0.15) is 23.3 Å². The summed E-state index contributed by atoms with van der Waals surface area (Å²) in [6.45, 7) is 1.78. The van der Waals surface area contributed by atoms with Crippen molar-refractivity contribution in [2.24, 2.45) is 5.73 Å². The van der Waals surface area contributed by atoms with Crippen molar-refractivity contribution in [2.45, 2.75) is 18.9 Å². The molecule has 2 aromatic heterocycles. The number of hydrogen-bond acceptors (Lipinski definition) is 6. The molecule has 0 unspecified atom stereocenters. The number of nitrogens with two attached hydrogens (primary N) is 1. The topological polar surface area (TPSA) is 101 Å². The first-order valence-corrected chi connectivity index (χ1v) is 8.30. The molecule has 8 heteroatoms. The van der Waals surface area contributed by atoms with Crippen LogP contribution in [0.5, 0.6) is 0 Å². The molecule has 2 aromatic rings. The number of nitrogens with one attached hydrogen (secondary N) is 1. The Kier molecular flexibility index (Phi) is 4.73. The predicted octanol–water partition coefficient (Wildman–Crippen LogP) is 1.08. The van der Waals surface area contributed by atoms with E-state index in [1.807, 2.05) is 11.0 Å². The van der Waals surface area contributed by atoms with E-state index in [1.165, 1.54) is 11.3 Å². The van der Waals surface area contributed by atoms with E-state index in [4.69, 9.17) is 10.2 Å². The number of piperidine rings is 1. The van der Waals surface area contributed by atoms with Gasteiger partial charge in [0.25, 0.3) is 5.91 Å². The minimum atomic E-state index is -0.319. The first-order valence-electron chi connectivity index (χ1n) is 7.43. The highest BCUT2D eigenvalue weighted by atomic mass is 32.1. The van der Waals surface area contributed by atoms with Crippen LogP contribution in [0.3, 0.4) is 0 Å². The van der Waals surface area contributed by atoms with E-state index in [0.29, 0.717) is 16.5 Å². The summed E-state index contributed by atoms with van der Waals surface area (Å²) in [5.41, 5.74) is 5.60. The van der Waals surface area contributed by atoms with Crippen LogP contribution in [0, 0.1) is 0 Å². The number of thiazole rings is 1. The van der Waals surface area contributed by atoms with E-state index >= 15 is 0 Å². The number of carbonyl (C=O) groups excluding carboxylic acids is 2. The fourth-order valence-electron chi connectivity index (χ4n) is 2.61. The third kappa shape index (κ3) is 3.96. The number of aromatic nitrogens is 1. The third-order valence-corrected chi connectivity index (χ3v) is 4.63. The Bertz CT molecular complexity index is 675. The maximum absolute atomic E-state index is 12.3. The summed E-state index contributed by atoms with van der Waals surface area (Å²) in [6, 6.07) is 3.70. The molecule has 0 bridgehead atoms. The van der Waals surface area contributed by atoms with Crippen molar-refractivity contribution >= 4 is 23.2 Å². The second-order valence-corrected chi connectivity index (χ2v) is 6.36. The number of primary amides is 1. The fourth-order valence-corrected chi connectivity index (χ4v) is 3.37. The smallest absolute Gasteiger partial charge is 0.270 e. The molecule has 3 rings (SSSR count). The van der Waals surface area contributed by atoms with Gasteiger partial charge in [-0.3, -0.25) is 14.5 Å². The van der Waals surface area contributed by atoms with Crippen molar-refractivity contribution in [3.63, 3.8) is 0 Å². The van der Waals surface area contributed by atoms with Gasteiger partial charge in [-0.2, -0.15) is 0 Å². The van der Waals surface area contributed by atoms with Crippen LogP contribution in [0.4, 0.5) is 0 Å². The first kappa shape index (κ1) is 15.7. The van der Waals surface area contributed by atoms with Gasteiger partial charge < -0.3 is 15.5 Å². The number of rotatable bonds is 5. The van der Waals surface area contributed by atoms with Crippen LogP contribution >= 0.6 is 11.3 Å². The molecule has 0 aliphatic carbocycles. The largest absolute Gasteiger partial charge is 0.462 e. The average Bonchev–Trinajstić information content (AvgIpc) is 3.19. The molecule has 1 aliphatic heterocycles. The molecule has 0 radical (unpaired) electrons. The van der Waals surface area contributed by atoms with E-state index in [-0.39, 0.29) is 24.4 Å². The van der Waals surface area contributed by atoms with Gasteiger partial charge in [0.2, 0.25) is 5.91 Å². The molecule has 7 nitrogen and oxygen atoms in total. The number of nitrogens with zero attached hydrogens (tertiary/aromatic N) is 2. The number of likely N-dealkylation sites (tertiary alicyclic amines) is 1. The van der Waals surface area contributed by atoms with Crippen molar-refractivity contribution in [3.8, 4) is 10.8 Å². The Morgan fingerprint density at radius 2 is 2.22 bits per heavy atom. The lowest BCUT2D eigenvalue weighted by atomic mass is 10.0. The van der Waals surface area contributed by atoms with Crippen molar-refractivity contribution in [1.82, 2.24) is 15.2 Å². The van der Waals surface area contributed by atoms with Gasteiger partial charge in [-0.15, -0.1) is 11.3 Å². The molecular formula is C15H18N4O3S. The lowest BCUT2D eigenvalue weighted by Crippen LogP contribution is -2.46. The molecule has 3 N–H and O–H groups in total. The summed E-state index contributed by atoms with van der Waals surface area (Å²) in [5, 5.41) is 5.42. The molecule has 2 amide bonds. The van der Waals surface area contributed by atoms with Gasteiger partial charge in [0.15, 0.2) is 10.8 Å². The molecule has 1 aliphatic rings. The fraction of sp³-hybridized carbons (Fsp3) is 0.400. The minimum absolute atomic E-state index is 0.0976. The van der Waals surface area contributed by atoms with Crippen molar-refractivity contribution < 1.29 is 14.0 Å². The van der Waals surface area contributed by atoms with Crippen molar-refractivity contribution in [3.05, 3.63) is 29.5 Å². The van der Waals surface area contributed by atoms with Crippen LogP contribution < -0.4 is 11.1 Å². The van der Waals surface area contributed by atoms with Gasteiger partial charge in [0.05, 0.1) is 12.8 Å². The summed E-state index contributed by atoms with van der Waals surface area (Å²) >= 11 is 1.38. The van der Waals surface area contributed by atoms with E-state index < -0.39 is 0 Å². The van der Waals surface area contributed by atoms with E-state index in [0.717, 1.165) is 25.9 Å². The molecule has 23 heavy (non-hydrogen) atoms. The lowest BCUT2D eigenvalue weighted by molar-refractivity contribution is -0.119. The van der Waals surface area contributed by atoms with Gasteiger partial charge in [0, 0.05) is 24.5 Å². The summed E-state index contributed by atoms with van der Waals surface area (Å²) in [5.74, 6) is 0.168. The van der Waals surface area contributed by atoms with Gasteiger partial charge in [0.1, 0.15) is 5.69 Å². The van der Waals surface area contributed by atoms with E-state index in [1.54, 1.807) is 17.7 Å². The highest BCUT2D eigenvalue weighted by Crippen LogP contribution is 2.24. The van der Waals surface area contributed by atoms with Crippen LogP contribution in [0.2, 0.25) is 0 Å². The minimum Gasteiger partial charge on any atom is -0.462 e. The lowest BCUT2D eigenvalue weighted by Gasteiger charge is -2.31. The second-order valence-electron chi connectivity index (χ2n) is 5.51. The predicted molar refractivity (Wildman–Crippen MR) is 85.9 cm³/mol. The quantitative estimate of drug-likeness (QED) is 0.852. The van der Waals surface area contributed by atoms with Crippen LogP contribution in [0.15, 0.2) is 28.2 Å². The SMILES string of the molecule is NC(=O)CN1CCC(NC(=O)c2csc(-c3ccco3)n2)CC1. The maximum Gasteiger partial charge on any atom is 0.270 e. The average molecular weight is 334 g/mol. The monoisotopic (exact) mass is 334 g/mol. The third-order valence-electron chi connectivity index (χ3n) is 3.77. The molecule has 122 valence electrons. The normalized spacial score (nSPS) is 16.3. The van der Waals surface area contributed by atoms with Gasteiger partial charge >= 0.3 is 0 Å². The maximum atomic E-state index is 12.3. The molecule has 3 heterocycles. The Morgan fingerprint density at radius 1 is 1.43 bits per heavy atom. The van der Waals surface area contributed by atoms with Crippen LogP contribution in [-0.4, -0.2) is 47.4 Å². The van der Waals surface area contributed by atoms with Crippen molar-refractivity contribution in [2.75, 3.05) is 19.6 Å². The first-order chi connectivity index (χ1) is 11.1. The molecule has 0 aromatic carbocycles. The number of amides is 2. The zero-order valence-electron chi connectivity index (χ0n) is 12.5. The van der Waals surface area contributed by atoms with E-state index in [2.05, 4.69) is 10.3 Å². The summed E-state index contributed by atoms with van der Waals surface area (Å²) in [7, 11) is 0. The van der Waals surface area contributed by atoms with Gasteiger partial charge in [-0.1, -0.05) is 0 Å². The standard InChI is InChI=1S/C15H18N4O3S/c16-13(20)8-19-5-3-10(4-6-19)17-14(21)11-9-23-15(18-11)12-2-1-7-22-12/h1-2,7,9-10H,3-6,8H2,(H2,16,20)(H,17,21). The molecular weight excluding hydrogens is 316 g/mol. The number of hydrogen-bond donors (Lipinski definition) is 2. The number of furan rings is 1. The van der Waals surface area contributed by atoms with Crippen LogP contribution in [0.25, 0.3) is 10.8 Å². The highest BCUT2D eigenvalue weighted by Gasteiger charge is 2.23. The Hall–Kier alpha value is -2.19. The van der Waals surface area contributed by atoms with Crippen LogP contribution in [-0.2, 0) is 4.79 Å².